The van der Waals surface area contributed by atoms with Crippen LogP contribution in [-0.2, 0) is 17.9 Å². The number of anilines is 1. The fourth-order valence-electron chi connectivity index (χ4n) is 5.26. The number of amides is 2. The average molecular weight is 555 g/mol. The van der Waals surface area contributed by atoms with Crippen LogP contribution < -0.4 is 4.90 Å². The second kappa shape index (κ2) is 11.5. The van der Waals surface area contributed by atoms with Gasteiger partial charge in [0.15, 0.2) is 0 Å². The Balaban J connectivity index is 1.54. The molecule has 4 aromatic carbocycles. The van der Waals surface area contributed by atoms with Gasteiger partial charge in [-0.15, -0.1) is 0 Å². The molecule has 2 amide bonds. The van der Waals surface area contributed by atoms with E-state index >= 15 is 0 Å². The van der Waals surface area contributed by atoms with Gasteiger partial charge in [0.05, 0.1) is 17.0 Å². The minimum Gasteiger partial charge on any atom is -0.318 e. The topological polar surface area (TPSA) is 96.6 Å². The Labute approximate surface area is 242 Å². The van der Waals surface area contributed by atoms with Crippen LogP contribution in [0, 0.1) is 10.1 Å². The Morgan fingerprint density at radius 1 is 0.714 bits per heavy atom. The molecule has 0 radical (unpaired) electrons. The maximum absolute atomic E-state index is 14.6. The van der Waals surface area contributed by atoms with Crippen molar-refractivity contribution in [2.24, 2.45) is 0 Å². The molecular weight excluding hydrogens is 528 g/mol. The fraction of sp³-hybridized carbons (Fsp3) is 0.0882. The molecule has 1 aliphatic rings. The van der Waals surface area contributed by atoms with E-state index in [0.717, 1.165) is 11.1 Å². The van der Waals surface area contributed by atoms with E-state index in [4.69, 9.17) is 0 Å². The normalized spacial score (nSPS) is 14.8. The maximum Gasteiger partial charge on any atom is 0.270 e. The summed E-state index contributed by atoms with van der Waals surface area (Å²) in [5, 5.41) is 11.4. The van der Waals surface area contributed by atoms with Crippen LogP contribution in [0.1, 0.15) is 33.1 Å². The third-order valence-corrected chi connectivity index (χ3v) is 7.31. The molecule has 0 N–H and O–H groups in total. The first-order valence-corrected chi connectivity index (χ1v) is 13.5. The van der Waals surface area contributed by atoms with Gasteiger partial charge >= 0.3 is 0 Å². The SMILES string of the molecule is O=C1C(c2ccccc2)N(Cc2ccccc2)C(=O)c2cc(-c3cccc([N+](=O)[O-])c3)cnc2N1Cc1ccccc1. The van der Waals surface area contributed by atoms with E-state index in [9.17, 15) is 19.7 Å². The maximum atomic E-state index is 14.6. The highest BCUT2D eigenvalue weighted by atomic mass is 16.6. The number of rotatable bonds is 7. The molecule has 6 rings (SSSR count). The van der Waals surface area contributed by atoms with E-state index in [1.807, 2.05) is 91.0 Å². The Hall–Kier alpha value is -5.63. The standard InChI is InChI=1S/C34H26N4O4/c39-33-30-20-28(27-17-10-18-29(19-27)38(41)42)21-35-32(30)37(23-25-13-6-2-7-14-25)34(40)31(26-15-8-3-9-16-26)36(33)22-24-11-4-1-5-12-24/h1-21,31H,22-23H2. The second-order valence-corrected chi connectivity index (χ2v) is 10.0. The first-order valence-electron chi connectivity index (χ1n) is 13.5. The molecule has 8 nitrogen and oxygen atoms in total. The highest BCUT2D eigenvalue weighted by Crippen LogP contribution is 2.37. The Morgan fingerprint density at radius 2 is 1.33 bits per heavy atom. The van der Waals surface area contributed by atoms with Crippen LogP contribution in [0.5, 0.6) is 0 Å². The molecule has 0 bridgehead atoms. The van der Waals surface area contributed by atoms with Crippen LogP contribution in [0.2, 0.25) is 0 Å². The van der Waals surface area contributed by atoms with E-state index in [2.05, 4.69) is 4.98 Å². The Morgan fingerprint density at radius 3 is 1.98 bits per heavy atom. The van der Waals surface area contributed by atoms with E-state index in [0.29, 0.717) is 16.7 Å². The summed E-state index contributed by atoms with van der Waals surface area (Å²) in [5.74, 6) is -0.380. The lowest BCUT2D eigenvalue weighted by Crippen LogP contribution is -2.42. The molecule has 0 fully saturated rings. The average Bonchev–Trinajstić information content (AvgIpc) is 3.11. The quantitative estimate of drug-likeness (QED) is 0.167. The minimum absolute atomic E-state index is 0.0653. The van der Waals surface area contributed by atoms with Crippen LogP contribution in [-0.4, -0.2) is 26.6 Å². The fourth-order valence-corrected chi connectivity index (χ4v) is 5.26. The number of non-ortho nitro benzene ring substituents is 1. The molecule has 2 heterocycles. The number of hydrogen-bond donors (Lipinski definition) is 0. The molecular formula is C34H26N4O4. The van der Waals surface area contributed by atoms with Crippen LogP contribution in [0.25, 0.3) is 11.1 Å². The predicted molar refractivity (Wildman–Crippen MR) is 159 cm³/mol. The number of nitrogens with zero attached hydrogens (tertiary/aromatic N) is 4. The van der Waals surface area contributed by atoms with Gasteiger partial charge in [-0.25, -0.2) is 4.98 Å². The van der Waals surface area contributed by atoms with Crippen molar-refractivity contribution in [1.82, 2.24) is 9.88 Å². The molecule has 1 atom stereocenters. The van der Waals surface area contributed by atoms with E-state index in [1.165, 1.54) is 12.1 Å². The molecule has 8 heteroatoms. The number of aromatic nitrogens is 1. The predicted octanol–water partition coefficient (Wildman–Crippen LogP) is 6.59. The molecule has 1 unspecified atom stereocenters. The van der Waals surface area contributed by atoms with E-state index in [1.54, 1.807) is 34.2 Å². The summed E-state index contributed by atoms with van der Waals surface area (Å²) in [5.41, 5.74) is 3.72. The monoisotopic (exact) mass is 554 g/mol. The molecule has 1 aliphatic heterocycles. The lowest BCUT2D eigenvalue weighted by molar-refractivity contribution is -0.384. The molecule has 1 aromatic heterocycles. The second-order valence-electron chi connectivity index (χ2n) is 10.0. The van der Waals surface area contributed by atoms with Gasteiger partial charge in [0, 0.05) is 30.4 Å². The minimum atomic E-state index is -0.905. The van der Waals surface area contributed by atoms with Gasteiger partial charge in [-0.05, 0) is 28.3 Å². The number of nitro groups is 1. The van der Waals surface area contributed by atoms with Gasteiger partial charge < -0.3 is 4.90 Å². The molecule has 0 spiro atoms. The highest BCUT2D eigenvalue weighted by molar-refractivity contribution is 6.10. The number of nitro benzene ring substituents is 1. The van der Waals surface area contributed by atoms with Crippen molar-refractivity contribution in [1.29, 1.82) is 0 Å². The summed E-state index contributed by atoms with van der Waals surface area (Å²) in [6, 6.07) is 35.4. The molecule has 5 aromatic rings. The first kappa shape index (κ1) is 26.6. The summed E-state index contributed by atoms with van der Waals surface area (Å²) in [4.78, 5) is 47.9. The van der Waals surface area contributed by atoms with Gasteiger partial charge in [-0.1, -0.05) is 103 Å². The Kier molecular flexibility index (Phi) is 7.26. The zero-order valence-electron chi connectivity index (χ0n) is 22.5. The number of carbonyl (C=O) groups excluding carboxylic acids is 2. The lowest BCUT2D eigenvalue weighted by Gasteiger charge is -2.31. The van der Waals surface area contributed by atoms with Crippen molar-refractivity contribution in [3.05, 3.63) is 160 Å². The van der Waals surface area contributed by atoms with E-state index < -0.39 is 11.0 Å². The first-order chi connectivity index (χ1) is 20.5. The van der Waals surface area contributed by atoms with Crippen LogP contribution in [0.4, 0.5) is 11.5 Å². The number of fused-ring (bicyclic) bond motifs is 1. The van der Waals surface area contributed by atoms with Gasteiger partial charge in [0.1, 0.15) is 11.9 Å². The van der Waals surface area contributed by atoms with Crippen LogP contribution >= 0.6 is 0 Å². The van der Waals surface area contributed by atoms with Gasteiger partial charge in [-0.2, -0.15) is 0 Å². The van der Waals surface area contributed by atoms with Crippen molar-refractivity contribution in [3.8, 4) is 11.1 Å². The summed E-state index contributed by atoms with van der Waals surface area (Å²) in [6.07, 6.45) is 1.56. The van der Waals surface area contributed by atoms with Gasteiger partial charge in [0.2, 0.25) is 0 Å². The molecule has 0 saturated heterocycles. The van der Waals surface area contributed by atoms with Crippen LogP contribution in [0.15, 0.2) is 128 Å². The largest absolute Gasteiger partial charge is 0.318 e. The number of carbonyl (C=O) groups is 2. The zero-order chi connectivity index (χ0) is 29.1. The Bertz CT molecular complexity index is 1760. The van der Waals surface area contributed by atoms with Crippen molar-refractivity contribution < 1.29 is 14.5 Å². The molecule has 42 heavy (non-hydrogen) atoms. The number of benzene rings is 4. The summed E-state index contributed by atoms with van der Waals surface area (Å²) in [6.45, 7) is 0.413. The molecule has 206 valence electrons. The van der Waals surface area contributed by atoms with Crippen molar-refractivity contribution >= 4 is 23.3 Å². The zero-order valence-corrected chi connectivity index (χ0v) is 22.5. The highest BCUT2D eigenvalue weighted by Gasteiger charge is 2.41. The van der Waals surface area contributed by atoms with Gasteiger partial charge in [-0.3, -0.25) is 24.6 Å². The smallest absolute Gasteiger partial charge is 0.270 e. The third kappa shape index (κ3) is 5.25. The van der Waals surface area contributed by atoms with Gasteiger partial charge in [0.25, 0.3) is 17.5 Å². The molecule has 0 saturated carbocycles. The number of pyridine rings is 1. The van der Waals surface area contributed by atoms with Crippen molar-refractivity contribution in [3.63, 3.8) is 0 Å². The van der Waals surface area contributed by atoms with Crippen molar-refractivity contribution in [2.75, 3.05) is 4.90 Å². The van der Waals surface area contributed by atoms with E-state index in [-0.39, 0.29) is 42.0 Å². The van der Waals surface area contributed by atoms with Crippen LogP contribution in [0.3, 0.4) is 0 Å². The summed E-state index contributed by atoms with van der Waals surface area (Å²) in [7, 11) is 0. The summed E-state index contributed by atoms with van der Waals surface area (Å²) >= 11 is 0. The molecule has 0 aliphatic carbocycles. The third-order valence-electron chi connectivity index (χ3n) is 7.31. The lowest BCUT2D eigenvalue weighted by atomic mass is 10.0. The number of hydrogen-bond acceptors (Lipinski definition) is 5. The van der Waals surface area contributed by atoms with Crippen molar-refractivity contribution in [2.45, 2.75) is 19.1 Å². The summed E-state index contributed by atoms with van der Waals surface area (Å²) < 4.78 is 0.